The standard InChI is InChI=1S/C16H23N3O3/c1-22-15-7-13(10-18-4-2-3-5-18)19(11-15)16(21)12-6-14(20)9-17-8-12/h6,8-9,13,15,20H,2-5,7,10-11H2,1H3/t13-,15-/m0/s1. The highest BCUT2D eigenvalue weighted by Gasteiger charge is 2.37. The van der Waals surface area contributed by atoms with E-state index in [-0.39, 0.29) is 23.8 Å². The molecule has 3 heterocycles. The Hall–Kier alpha value is -1.66. The molecule has 6 nitrogen and oxygen atoms in total. The van der Waals surface area contributed by atoms with Gasteiger partial charge in [-0.05, 0) is 38.4 Å². The number of hydrogen-bond acceptors (Lipinski definition) is 5. The molecule has 120 valence electrons. The molecule has 3 rings (SSSR count). The van der Waals surface area contributed by atoms with Crippen LogP contribution in [0.4, 0.5) is 0 Å². The third kappa shape index (κ3) is 3.23. The topological polar surface area (TPSA) is 65.9 Å². The van der Waals surface area contributed by atoms with Crippen molar-refractivity contribution >= 4 is 5.91 Å². The van der Waals surface area contributed by atoms with Gasteiger partial charge in [-0.15, -0.1) is 0 Å². The Morgan fingerprint density at radius 3 is 2.86 bits per heavy atom. The number of aromatic hydroxyl groups is 1. The molecular formula is C16H23N3O3. The monoisotopic (exact) mass is 305 g/mol. The molecule has 22 heavy (non-hydrogen) atoms. The van der Waals surface area contributed by atoms with E-state index in [0.29, 0.717) is 12.1 Å². The first kappa shape index (κ1) is 15.2. The van der Waals surface area contributed by atoms with Gasteiger partial charge in [0, 0.05) is 32.4 Å². The van der Waals surface area contributed by atoms with E-state index in [1.807, 2.05) is 4.90 Å². The summed E-state index contributed by atoms with van der Waals surface area (Å²) in [6.45, 7) is 3.73. The summed E-state index contributed by atoms with van der Waals surface area (Å²) in [5.74, 6) is -0.0587. The first-order chi connectivity index (χ1) is 10.7. The molecule has 0 spiro atoms. The Labute approximate surface area is 130 Å². The summed E-state index contributed by atoms with van der Waals surface area (Å²) in [5, 5.41) is 9.53. The van der Waals surface area contributed by atoms with Crippen LogP contribution in [0.2, 0.25) is 0 Å². The lowest BCUT2D eigenvalue weighted by molar-refractivity contribution is 0.0669. The number of aromatic nitrogens is 1. The van der Waals surface area contributed by atoms with E-state index in [1.54, 1.807) is 7.11 Å². The Kier molecular flexibility index (Phi) is 4.59. The Bertz CT molecular complexity index is 531. The minimum Gasteiger partial charge on any atom is -0.506 e. The fraction of sp³-hybridized carbons (Fsp3) is 0.625. The second-order valence-corrected chi connectivity index (χ2v) is 6.14. The number of ether oxygens (including phenoxy) is 1. The molecule has 2 saturated heterocycles. The van der Waals surface area contributed by atoms with Gasteiger partial charge in [0.1, 0.15) is 5.75 Å². The van der Waals surface area contributed by atoms with E-state index in [4.69, 9.17) is 4.74 Å². The molecule has 0 radical (unpaired) electrons. The molecule has 0 saturated carbocycles. The first-order valence-electron chi connectivity index (χ1n) is 7.87. The molecule has 1 amide bonds. The van der Waals surface area contributed by atoms with E-state index in [2.05, 4.69) is 9.88 Å². The van der Waals surface area contributed by atoms with Gasteiger partial charge in [-0.1, -0.05) is 0 Å². The van der Waals surface area contributed by atoms with E-state index < -0.39 is 0 Å². The molecule has 1 aromatic heterocycles. The van der Waals surface area contributed by atoms with Crippen LogP contribution in [0.1, 0.15) is 29.6 Å². The van der Waals surface area contributed by atoms with Crippen molar-refractivity contribution in [2.45, 2.75) is 31.4 Å². The van der Waals surface area contributed by atoms with Crippen molar-refractivity contribution < 1.29 is 14.6 Å². The fourth-order valence-electron chi connectivity index (χ4n) is 3.44. The molecule has 0 bridgehead atoms. The molecule has 0 aromatic carbocycles. The maximum Gasteiger partial charge on any atom is 0.255 e. The van der Waals surface area contributed by atoms with E-state index in [1.165, 1.54) is 31.3 Å². The van der Waals surface area contributed by atoms with Gasteiger partial charge in [-0.25, -0.2) is 0 Å². The van der Waals surface area contributed by atoms with E-state index in [9.17, 15) is 9.90 Å². The second kappa shape index (κ2) is 6.62. The van der Waals surface area contributed by atoms with Crippen molar-refractivity contribution in [2.75, 3.05) is 33.3 Å². The lowest BCUT2D eigenvalue weighted by Crippen LogP contribution is -2.42. The average molecular weight is 305 g/mol. The summed E-state index contributed by atoms with van der Waals surface area (Å²) in [5.41, 5.74) is 0.433. The minimum absolute atomic E-state index is 0.0180. The molecule has 2 aliphatic rings. The van der Waals surface area contributed by atoms with Gasteiger partial charge >= 0.3 is 0 Å². The smallest absolute Gasteiger partial charge is 0.255 e. The Balaban J connectivity index is 1.74. The van der Waals surface area contributed by atoms with Crippen LogP contribution in [-0.2, 0) is 4.74 Å². The van der Waals surface area contributed by atoms with Crippen LogP contribution in [0.15, 0.2) is 18.5 Å². The van der Waals surface area contributed by atoms with Crippen molar-refractivity contribution in [2.24, 2.45) is 0 Å². The summed E-state index contributed by atoms with van der Waals surface area (Å²) < 4.78 is 5.47. The second-order valence-electron chi connectivity index (χ2n) is 6.14. The summed E-state index contributed by atoms with van der Waals surface area (Å²) in [4.78, 5) is 20.9. The lowest BCUT2D eigenvalue weighted by atomic mass is 10.1. The van der Waals surface area contributed by atoms with Gasteiger partial charge in [-0.3, -0.25) is 9.78 Å². The summed E-state index contributed by atoms with van der Waals surface area (Å²) in [6, 6.07) is 1.64. The van der Waals surface area contributed by atoms with Crippen LogP contribution in [-0.4, -0.2) is 71.2 Å². The number of rotatable bonds is 4. The van der Waals surface area contributed by atoms with Crippen LogP contribution in [0.5, 0.6) is 5.75 Å². The van der Waals surface area contributed by atoms with Crippen molar-refractivity contribution in [1.82, 2.24) is 14.8 Å². The van der Waals surface area contributed by atoms with Crippen LogP contribution >= 0.6 is 0 Å². The highest BCUT2D eigenvalue weighted by molar-refractivity contribution is 5.94. The molecule has 2 fully saturated rings. The maximum atomic E-state index is 12.7. The number of carbonyl (C=O) groups is 1. The minimum atomic E-state index is -0.0767. The number of pyridine rings is 1. The molecule has 2 aliphatic heterocycles. The third-order valence-electron chi connectivity index (χ3n) is 4.61. The van der Waals surface area contributed by atoms with Gasteiger partial charge in [0.05, 0.1) is 17.9 Å². The number of likely N-dealkylation sites (tertiary alicyclic amines) is 2. The number of amides is 1. The quantitative estimate of drug-likeness (QED) is 0.903. The Morgan fingerprint density at radius 2 is 2.18 bits per heavy atom. The summed E-state index contributed by atoms with van der Waals surface area (Å²) in [7, 11) is 1.70. The highest BCUT2D eigenvalue weighted by Crippen LogP contribution is 2.25. The largest absolute Gasteiger partial charge is 0.506 e. The molecule has 6 heteroatoms. The predicted octanol–water partition coefficient (Wildman–Crippen LogP) is 1.11. The van der Waals surface area contributed by atoms with Crippen molar-refractivity contribution in [3.8, 4) is 5.75 Å². The van der Waals surface area contributed by atoms with E-state index in [0.717, 1.165) is 26.1 Å². The Morgan fingerprint density at radius 1 is 1.41 bits per heavy atom. The SMILES string of the molecule is CO[C@H]1C[C@@H](CN2CCCC2)N(C(=O)c2cncc(O)c2)C1. The van der Waals surface area contributed by atoms with Crippen LogP contribution in [0.3, 0.4) is 0 Å². The zero-order valence-corrected chi connectivity index (χ0v) is 12.9. The number of hydrogen-bond donors (Lipinski definition) is 1. The lowest BCUT2D eigenvalue weighted by Gasteiger charge is -2.28. The van der Waals surface area contributed by atoms with Crippen LogP contribution in [0, 0.1) is 0 Å². The van der Waals surface area contributed by atoms with E-state index >= 15 is 0 Å². The molecule has 1 N–H and O–H groups in total. The van der Waals surface area contributed by atoms with Crippen molar-refractivity contribution in [3.63, 3.8) is 0 Å². The average Bonchev–Trinajstić information content (AvgIpc) is 3.16. The van der Waals surface area contributed by atoms with Gasteiger partial charge in [0.2, 0.25) is 0 Å². The van der Waals surface area contributed by atoms with Gasteiger partial charge in [0.25, 0.3) is 5.91 Å². The fourth-order valence-corrected chi connectivity index (χ4v) is 3.44. The van der Waals surface area contributed by atoms with Crippen molar-refractivity contribution in [3.05, 3.63) is 24.0 Å². The normalized spacial score (nSPS) is 25.8. The third-order valence-corrected chi connectivity index (χ3v) is 4.61. The van der Waals surface area contributed by atoms with Gasteiger partial charge in [0.15, 0.2) is 0 Å². The molecule has 0 unspecified atom stereocenters. The zero-order valence-electron chi connectivity index (χ0n) is 12.9. The van der Waals surface area contributed by atoms with Gasteiger partial charge < -0.3 is 19.6 Å². The maximum absolute atomic E-state index is 12.7. The highest BCUT2D eigenvalue weighted by atomic mass is 16.5. The number of methoxy groups -OCH3 is 1. The number of nitrogens with zero attached hydrogens (tertiary/aromatic N) is 3. The van der Waals surface area contributed by atoms with Crippen molar-refractivity contribution in [1.29, 1.82) is 0 Å². The summed E-state index contributed by atoms with van der Waals surface area (Å²) in [6.07, 6.45) is 6.28. The molecule has 0 aliphatic carbocycles. The molecular weight excluding hydrogens is 282 g/mol. The summed E-state index contributed by atoms with van der Waals surface area (Å²) >= 11 is 0. The molecule has 2 atom stereocenters. The predicted molar refractivity (Wildman–Crippen MR) is 81.8 cm³/mol. The van der Waals surface area contributed by atoms with Crippen LogP contribution < -0.4 is 0 Å². The van der Waals surface area contributed by atoms with Crippen LogP contribution in [0.25, 0.3) is 0 Å². The number of carbonyl (C=O) groups excluding carboxylic acids is 1. The first-order valence-corrected chi connectivity index (χ1v) is 7.87. The molecule has 1 aromatic rings. The zero-order chi connectivity index (χ0) is 15.5. The van der Waals surface area contributed by atoms with Gasteiger partial charge in [-0.2, -0.15) is 0 Å².